The average molecular weight is 453 g/mol. The van der Waals surface area contributed by atoms with Gasteiger partial charge in [0.05, 0.1) is 5.69 Å². The van der Waals surface area contributed by atoms with Gasteiger partial charge in [0.2, 0.25) is 11.8 Å². The number of aliphatic imine (C=N–C) groups is 1. The molecule has 3 rings (SSSR count). The summed E-state index contributed by atoms with van der Waals surface area (Å²) in [5, 5.41) is 3.51. The van der Waals surface area contributed by atoms with Gasteiger partial charge < -0.3 is 5.32 Å². The van der Waals surface area contributed by atoms with Crippen LogP contribution in [0, 0.1) is 0 Å². The molecule has 0 saturated carbocycles. The van der Waals surface area contributed by atoms with Gasteiger partial charge in [-0.25, -0.2) is 4.99 Å². The van der Waals surface area contributed by atoms with E-state index in [0.29, 0.717) is 21.6 Å². The fourth-order valence-corrected chi connectivity index (χ4v) is 3.88. The number of carbonyl (C=O) groups excluding carboxylic acids is 2. The van der Waals surface area contributed by atoms with Crippen molar-refractivity contribution in [1.82, 2.24) is 4.90 Å². The molecule has 0 bridgehead atoms. The van der Waals surface area contributed by atoms with Crippen LogP contribution >= 0.6 is 39.3 Å². The van der Waals surface area contributed by atoms with Crippen molar-refractivity contribution >= 4 is 67.6 Å². The molecular formula is C18H15BrClN3O2S. The van der Waals surface area contributed by atoms with Gasteiger partial charge in [0, 0.05) is 28.7 Å². The van der Waals surface area contributed by atoms with Crippen molar-refractivity contribution < 1.29 is 9.59 Å². The highest BCUT2D eigenvalue weighted by molar-refractivity contribution is 9.10. The second-order valence-corrected chi connectivity index (χ2v) is 8.16. The summed E-state index contributed by atoms with van der Waals surface area (Å²) in [4.78, 5) is 30.6. The van der Waals surface area contributed by atoms with E-state index in [2.05, 4.69) is 26.2 Å². The summed E-state index contributed by atoms with van der Waals surface area (Å²) < 4.78 is 0.932. The number of amides is 2. The van der Waals surface area contributed by atoms with E-state index in [9.17, 15) is 9.59 Å². The van der Waals surface area contributed by atoms with Crippen LogP contribution in [0.2, 0.25) is 5.02 Å². The molecule has 1 aliphatic heterocycles. The van der Waals surface area contributed by atoms with E-state index in [0.717, 1.165) is 4.47 Å². The molecule has 1 N–H and O–H groups in total. The van der Waals surface area contributed by atoms with Crippen molar-refractivity contribution in [3.63, 3.8) is 0 Å². The zero-order chi connectivity index (χ0) is 18.7. The summed E-state index contributed by atoms with van der Waals surface area (Å²) in [6, 6.07) is 14.3. The van der Waals surface area contributed by atoms with Crippen LogP contribution in [0.4, 0.5) is 11.4 Å². The third-order valence-electron chi connectivity index (χ3n) is 3.69. The number of hydrogen-bond acceptors (Lipinski definition) is 4. The Morgan fingerprint density at radius 1 is 1.23 bits per heavy atom. The summed E-state index contributed by atoms with van der Waals surface area (Å²) >= 11 is 10.5. The molecule has 5 nitrogen and oxygen atoms in total. The van der Waals surface area contributed by atoms with Crippen LogP contribution in [0.25, 0.3) is 0 Å². The minimum atomic E-state index is -0.485. The van der Waals surface area contributed by atoms with Crippen molar-refractivity contribution in [3.05, 3.63) is 58.0 Å². The standard InChI is InChI=1S/C18H15BrClN3O2S/c1-23-17(25)15(10-16(24)21-13-6-2-11(19)3-7-13)26-18(23)22-14-8-4-12(20)5-9-14/h2-9,15H,10H2,1H3,(H,21,24)/t15-/m1/s1. The molecule has 0 aromatic heterocycles. The zero-order valence-electron chi connectivity index (χ0n) is 13.8. The third-order valence-corrected chi connectivity index (χ3v) is 5.70. The Balaban J connectivity index is 1.65. The highest BCUT2D eigenvalue weighted by atomic mass is 79.9. The molecule has 0 aliphatic carbocycles. The molecule has 8 heteroatoms. The van der Waals surface area contributed by atoms with Gasteiger partial charge in [-0.3, -0.25) is 14.5 Å². The lowest BCUT2D eigenvalue weighted by Crippen LogP contribution is -2.30. The maximum absolute atomic E-state index is 12.4. The van der Waals surface area contributed by atoms with Crippen molar-refractivity contribution in [1.29, 1.82) is 0 Å². The van der Waals surface area contributed by atoms with E-state index in [1.807, 2.05) is 12.1 Å². The van der Waals surface area contributed by atoms with E-state index in [1.54, 1.807) is 43.4 Å². The number of nitrogens with one attached hydrogen (secondary N) is 1. The number of amidine groups is 1. The monoisotopic (exact) mass is 451 g/mol. The Hall–Kier alpha value is -1.83. The fraction of sp³-hybridized carbons (Fsp3) is 0.167. The number of halogens is 2. The number of nitrogens with zero attached hydrogens (tertiary/aromatic N) is 2. The highest BCUT2D eigenvalue weighted by Gasteiger charge is 2.36. The number of carbonyl (C=O) groups is 2. The Kier molecular flexibility index (Phi) is 6.01. The van der Waals surface area contributed by atoms with E-state index >= 15 is 0 Å². The topological polar surface area (TPSA) is 61.8 Å². The Bertz CT molecular complexity index is 856. The van der Waals surface area contributed by atoms with Crippen LogP contribution in [-0.2, 0) is 9.59 Å². The lowest BCUT2D eigenvalue weighted by atomic mass is 10.2. The molecule has 0 unspecified atom stereocenters. The second kappa shape index (κ2) is 8.24. The first kappa shape index (κ1) is 18.9. The number of thioether (sulfide) groups is 1. The molecule has 0 radical (unpaired) electrons. The van der Waals surface area contributed by atoms with Gasteiger partial charge in [0.1, 0.15) is 5.25 Å². The maximum atomic E-state index is 12.4. The Morgan fingerprint density at radius 3 is 2.54 bits per heavy atom. The Labute approximate surface area is 168 Å². The first-order chi connectivity index (χ1) is 12.4. The molecule has 2 amide bonds. The van der Waals surface area contributed by atoms with Gasteiger partial charge >= 0.3 is 0 Å². The van der Waals surface area contributed by atoms with E-state index in [1.165, 1.54) is 16.7 Å². The molecule has 2 aromatic rings. The minimum Gasteiger partial charge on any atom is -0.326 e. The highest BCUT2D eigenvalue weighted by Crippen LogP contribution is 2.31. The minimum absolute atomic E-state index is 0.0868. The fourth-order valence-electron chi connectivity index (χ4n) is 2.34. The first-order valence-electron chi connectivity index (χ1n) is 7.76. The predicted molar refractivity (Wildman–Crippen MR) is 110 cm³/mol. The van der Waals surface area contributed by atoms with Gasteiger partial charge in [0.25, 0.3) is 0 Å². The van der Waals surface area contributed by atoms with Crippen LogP contribution in [-0.4, -0.2) is 34.2 Å². The normalized spacial score (nSPS) is 18.4. The average Bonchev–Trinajstić information content (AvgIpc) is 2.87. The summed E-state index contributed by atoms with van der Waals surface area (Å²) in [7, 11) is 1.66. The first-order valence-corrected chi connectivity index (χ1v) is 9.81. The van der Waals surface area contributed by atoms with Gasteiger partial charge in [0.15, 0.2) is 5.17 Å². The van der Waals surface area contributed by atoms with E-state index < -0.39 is 5.25 Å². The molecule has 1 heterocycles. The third kappa shape index (κ3) is 4.66. The second-order valence-electron chi connectivity index (χ2n) is 5.63. The summed E-state index contributed by atoms with van der Waals surface area (Å²) in [6.07, 6.45) is 0.0868. The van der Waals surface area contributed by atoms with Crippen LogP contribution in [0.1, 0.15) is 6.42 Å². The predicted octanol–water partition coefficient (Wildman–Crippen LogP) is 4.69. The molecule has 1 fully saturated rings. The molecule has 0 spiro atoms. The maximum Gasteiger partial charge on any atom is 0.242 e. The van der Waals surface area contributed by atoms with Crippen molar-refractivity contribution in [2.45, 2.75) is 11.7 Å². The van der Waals surface area contributed by atoms with Crippen molar-refractivity contribution in [2.75, 3.05) is 12.4 Å². The molecule has 2 aromatic carbocycles. The SMILES string of the molecule is CN1C(=O)[C@@H](CC(=O)Nc2ccc(Br)cc2)SC1=Nc1ccc(Cl)cc1. The summed E-state index contributed by atoms with van der Waals surface area (Å²) in [5.41, 5.74) is 1.40. The van der Waals surface area contributed by atoms with E-state index in [4.69, 9.17) is 11.6 Å². The molecule has 26 heavy (non-hydrogen) atoms. The Morgan fingerprint density at radius 2 is 1.88 bits per heavy atom. The molecule has 1 atom stereocenters. The smallest absolute Gasteiger partial charge is 0.242 e. The summed E-state index contributed by atoms with van der Waals surface area (Å²) in [6.45, 7) is 0. The van der Waals surface area contributed by atoms with E-state index in [-0.39, 0.29) is 18.2 Å². The van der Waals surface area contributed by atoms with Gasteiger partial charge in [-0.15, -0.1) is 0 Å². The summed E-state index contributed by atoms with van der Waals surface area (Å²) in [5.74, 6) is -0.340. The van der Waals surface area contributed by atoms with Crippen LogP contribution in [0.5, 0.6) is 0 Å². The lowest BCUT2D eigenvalue weighted by molar-refractivity contribution is -0.127. The molecule has 134 valence electrons. The van der Waals surface area contributed by atoms with Crippen LogP contribution in [0.15, 0.2) is 58.0 Å². The van der Waals surface area contributed by atoms with Gasteiger partial charge in [-0.05, 0) is 48.5 Å². The van der Waals surface area contributed by atoms with Crippen molar-refractivity contribution in [3.8, 4) is 0 Å². The number of anilines is 1. The molecule has 1 aliphatic rings. The van der Waals surface area contributed by atoms with Gasteiger partial charge in [-0.2, -0.15) is 0 Å². The lowest BCUT2D eigenvalue weighted by Gasteiger charge is -2.09. The van der Waals surface area contributed by atoms with Crippen LogP contribution < -0.4 is 5.32 Å². The zero-order valence-corrected chi connectivity index (χ0v) is 16.9. The number of hydrogen-bond donors (Lipinski definition) is 1. The van der Waals surface area contributed by atoms with Gasteiger partial charge in [-0.1, -0.05) is 39.3 Å². The largest absolute Gasteiger partial charge is 0.326 e. The molecule has 1 saturated heterocycles. The van der Waals surface area contributed by atoms with Crippen molar-refractivity contribution in [2.24, 2.45) is 4.99 Å². The number of rotatable bonds is 4. The van der Waals surface area contributed by atoms with Crippen LogP contribution in [0.3, 0.4) is 0 Å². The molecular weight excluding hydrogens is 438 g/mol. The quantitative estimate of drug-likeness (QED) is 0.732. The number of benzene rings is 2.